The maximum atomic E-state index is 13.5. The number of nitriles is 1. The normalized spacial score (nSPS) is 11.1. The smallest absolute Gasteiger partial charge is 0.150 e. The SMILES string of the molecule is CC(C)(CCC#N)CNc1c(F)cc(F)cc1Cl. The lowest BCUT2D eigenvalue weighted by Crippen LogP contribution is -2.23. The summed E-state index contributed by atoms with van der Waals surface area (Å²) in [6.07, 6.45) is 1.13. The predicted molar refractivity (Wildman–Crippen MR) is 68.5 cm³/mol. The number of rotatable bonds is 5. The lowest BCUT2D eigenvalue weighted by Gasteiger charge is -2.24. The van der Waals surface area contributed by atoms with Gasteiger partial charge in [0.15, 0.2) is 5.82 Å². The average Bonchev–Trinajstić information content (AvgIpc) is 2.24. The molecule has 5 heteroatoms. The summed E-state index contributed by atoms with van der Waals surface area (Å²) in [4.78, 5) is 0. The zero-order valence-corrected chi connectivity index (χ0v) is 11.1. The Kier molecular flexibility index (Phi) is 4.92. The van der Waals surface area contributed by atoms with Gasteiger partial charge in [0.25, 0.3) is 0 Å². The van der Waals surface area contributed by atoms with Gasteiger partial charge in [0.2, 0.25) is 0 Å². The van der Waals surface area contributed by atoms with Gasteiger partial charge in [0.05, 0.1) is 16.8 Å². The van der Waals surface area contributed by atoms with Crippen LogP contribution >= 0.6 is 11.6 Å². The fourth-order valence-electron chi connectivity index (χ4n) is 1.52. The van der Waals surface area contributed by atoms with Crippen LogP contribution in [0.2, 0.25) is 5.02 Å². The van der Waals surface area contributed by atoms with Crippen LogP contribution in [-0.4, -0.2) is 6.54 Å². The summed E-state index contributed by atoms with van der Waals surface area (Å²) in [6, 6.07) is 3.93. The van der Waals surface area contributed by atoms with E-state index in [-0.39, 0.29) is 16.1 Å². The number of hydrogen-bond donors (Lipinski definition) is 1. The molecule has 0 aliphatic heterocycles. The van der Waals surface area contributed by atoms with E-state index in [1.54, 1.807) is 0 Å². The summed E-state index contributed by atoms with van der Waals surface area (Å²) in [6.45, 7) is 4.39. The minimum absolute atomic E-state index is 0.0172. The number of anilines is 1. The first-order valence-corrected chi connectivity index (χ1v) is 5.99. The Morgan fingerprint density at radius 1 is 1.39 bits per heavy atom. The van der Waals surface area contributed by atoms with Crippen LogP contribution in [-0.2, 0) is 0 Å². The highest BCUT2D eigenvalue weighted by molar-refractivity contribution is 6.33. The third-order valence-electron chi connectivity index (χ3n) is 2.66. The van der Waals surface area contributed by atoms with Crippen molar-refractivity contribution < 1.29 is 8.78 Å². The van der Waals surface area contributed by atoms with Crippen LogP contribution in [0.5, 0.6) is 0 Å². The molecule has 0 saturated heterocycles. The van der Waals surface area contributed by atoms with E-state index < -0.39 is 11.6 Å². The van der Waals surface area contributed by atoms with E-state index in [2.05, 4.69) is 11.4 Å². The molecule has 18 heavy (non-hydrogen) atoms. The van der Waals surface area contributed by atoms with Crippen LogP contribution in [0.1, 0.15) is 26.7 Å². The number of benzene rings is 1. The van der Waals surface area contributed by atoms with Crippen molar-refractivity contribution in [2.24, 2.45) is 5.41 Å². The molecule has 0 atom stereocenters. The highest BCUT2D eigenvalue weighted by Crippen LogP contribution is 2.29. The maximum Gasteiger partial charge on any atom is 0.150 e. The van der Waals surface area contributed by atoms with Gasteiger partial charge in [-0.25, -0.2) is 8.78 Å². The van der Waals surface area contributed by atoms with Crippen molar-refractivity contribution in [3.05, 3.63) is 28.8 Å². The maximum absolute atomic E-state index is 13.5. The Hall–Kier alpha value is -1.34. The van der Waals surface area contributed by atoms with Crippen LogP contribution in [0.3, 0.4) is 0 Å². The minimum Gasteiger partial charge on any atom is -0.381 e. The minimum atomic E-state index is -0.712. The molecular weight excluding hydrogens is 258 g/mol. The third-order valence-corrected chi connectivity index (χ3v) is 2.96. The molecule has 1 aromatic carbocycles. The van der Waals surface area contributed by atoms with Gasteiger partial charge in [0.1, 0.15) is 5.82 Å². The molecule has 0 aromatic heterocycles. The Bertz CT molecular complexity index is 444. The van der Waals surface area contributed by atoms with Gasteiger partial charge in [0, 0.05) is 19.0 Å². The van der Waals surface area contributed by atoms with E-state index in [0.29, 0.717) is 19.4 Å². The fraction of sp³-hybridized carbons (Fsp3) is 0.462. The van der Waals surface area contributed by atoms with Crippen LogP contribution in [0, 0.1) is 28.4 Å². The number of nitrogens with zero attached hydrogens (tertiary/aromatic N) is 1. The van der Waals surface area contributed by atoms with Crippen LogP contribution in [0.4, 0.5) is 14.5 Å². The third kappa shape index (κ3) is 4.15. The number of hydrogen-bond acceptors (Lipinski definition) is 2. The second-order valence-electron chi connectivity index (χ2n) is 4.92. The molecule has 2 nitrogen and oxygen atoms in total. The topological polar surface area (TPSA) is 35.8 Å². The largest absolute Gasteiger partial charge is 0.381 e. The molecule has 0 unspecified atom stereocenters. The summed E-state index contributed by atoms with van der Waals surface area (Å²) in [5, 5.41) is 11.4. The molecule has 98 valence electrons. The van der Waals surface area contributed by atoms with Crippen molar-refractivity contribution >= 4 is 17.3 Å². The average molecular weight is 273 g/mol. The van der Waals surface area contributed by atoms with E-state index in [4.69, 9.17) is 16.9 Å². The Morgan fingerprint density at radius 3 is 2.61 bits per heavy atom. The fourth-order valence-corrected chi connectivity index (χ4v) is 1.78. The molecule has 0 amide bonds. The number of halogens is 3. The zero-order valence-electron chi connectivity index (χ0n) is 10.4. The molecule has 1 N–H and O–H groups in total. The molecule has 0 aliphatic rings. The summed E-state index contributed by atoms with van der Waals surface area (Å²) in [5.74, 6) is -1.41. The van der Waals surface area contributed by atoms with Crippen molar-refractivity contribution in [1.29, 1.82) is 5.26 Å². The summed E-state index contributed by atoms with van der Waals surface area (Å²) in [7, 11) is 0. The van der Waals surface area contributed by atoms with Gasteiger partial charge in [-0.15, -0.1) is 0 Å². The highest BCUT2D eigenvalue weighted by atomic mass is 35.5. The van der Waals surface area contributed by atoms with Crippen molar-refractivity contribution in [2.75, 3.05) is 11.9 Å². The highest BCUT2D eigenvalue weighted by Gasteiger charge is 2.19. The van der Waals surface area contributed by atoms with Crippen LogP contribution in [0.15, 0.2) is 12.1 Å². The number of nitrogens with one attached hydrogen (secondary N) is 1. The lowest BCUT2D eigenvalue weighted by atomic mass is 9.88. The first kappa shape index (κ1) is 14.7. The summed E-state index contributed by atoms with van der Waals surface area (Å²) < 4.78 is 26.4. The summed E-state index contributed by atoms with van der Waals surface area (Å²) >= 11 is 5.77. The van der Waals surface area contributed by atoms with Crippen molar-refractivity contribution in [1.82, 2.24) is 0 Å². The van der Waals surface area contributed by atoms with E-state index in [9.17, 15) is 8.78 Å². The summed E-state index contributed by atoms with van der Waals surface area (Å²) in [5.41, 5.74) is -0.0667. The van der Waals surface area contributed by atoms with Gasteiger partial charge in [-0.2, -0.15) is 5.26 Å². The quantitative estimate of drug-likeness (QED) is 0.864. The van der Waals surface area contributed by atoms with Gasteiger partial charge >= 0.3 is 0 Å². The van der Waals surface area contributed by atoms with Crippen LogP contribution < -0.4 is 5.32 Å². The molecular formula is C13H15ClF2N2. The lowest BCUT2D eigenvalue weighted by molar-refractivity contribution is 0.363. The molecule has 0 spiro atoms. The Morgan fingerprint density at radius 2 is 2.06 bits per heavy atom. The van der Waals surface area contributed by atoms with Crippen molar-refractivity contribution in [3.8, 4) is 6.07 Å². The Labute approximate surface area is 111 Å². The standard InChI is InChI=1S/C13H15ClF2N2/c1-13(2,4-3-5-17)8-18-12-10(14)6-9(15)7-11(12)16/h6-7,18H,3-4,8H2,1-2H3. The first-order valence-electron chi connectivity index (χ1n) is 5.61. The zero-order chi connectivity index (χ0) is 13.8. The van der Waals surface area contributed by atoms with Gasteiger partial charge in [-0.1, -0.05) is 25.4 Å². The molecule has 1 rings (SSSR count). The Balaban J connectivity index is 2.72. The molecule has 0 bridgehead atoms. The molecule has 0 radical (unpaired) electrons. The van der Waals surface area contributed by atoms with Crippen LogP contribution in [0.25, 0.3) is 0 Å². The van der Waals surface area contributed by atoms with E-state index in [1.165, 1.54) is 0 Å². The van der Waals surface area contributed by atoms with Crippen molar-refractivity contribution in [2.45, 2.75) is 26.7 Å². The molecule has 0 aliphatic carbocycles. The van der Waals surface area contributed by atoms with Crippen molar-refractivity contribution in [3.63, 3.8) is 0 Å². The van der Waals surface area contributed by atoms with E-state index >= 15 is 0 Å². The molecule has 0 saturated carbocycles. The predicted octanol–water partition coefficient (Wildman–Crippen LogP) is 4.36. The molecule has 1 aromatic rings. The molecule has 0 heterocycles. The van der Waals surface area contributed by atoms with Gasteiger partial charge in [-0.3, -0.25) is 0 Å². The monoisotopic (exact) mass is 272 g/mol. The second-order valence-corrected chi connectivity index (χ2v) is 5.33. The van der Waals surface area contributed by atoms with E-state index in [0.717, 1.165) is 12.1 Å². The second kappa shape index (κ2) is 6.01. The van der Waals surface area contributed by atoms with E-state index in [1.807, 2.05) is 13.8 Å². The molecule has 0 fully saturated rings. The first-order chi connectivity index (χ1) is 8.35. The van der Waals surface area contributed by atoms with Gasteiger partial charge in [-0.05, 0) is 17.9 Å². The van der Waals surface area contributed by atoms with Gasteiger partial charge < -0.3 is 5.32 Å².